The fourth-order valence-corrected chi connectivity index (χ4v) is 2.22. The van der Waals surface area contributed by atoms with Crippen LogP contribution in [0, 0.1) is 5.82 Å². The summed E-state index contributed by atoms with van der Waals surface area (Å²) in [6, 6.07) is 9.81. The molecule has 0 unspecified atom stereocenters. The zero-order valence-corrected chi connectivity index (χ0v) is 14.2. The van der Waals surface area contributed by atoms with Gasteiger partial charge in [0.1, 0.15) is 23.0 Å². The molecule has 0 bridgehead atoms. The molecule has 26 heavy (non-hydrogen) atoms. The van der Waals surface area contributed by atoms with Gasteiger partial charge in [0, 0.05) is 17.8 Å². The Hall–Kier alpha value is -3.54. The summed E-state index contributed by atoms with van der Waals surface area (Å²) in [7, 11) is 0. The number of ether oxygens (including phenoxy) is 1. The first-order valence-electron chi connectivity index (χ1n) is 7.97. The van der Waals surface area contributed by atoms with Crippen LogP contribution in [0.4, 0.5) is 4.39 Å². The van der Waals surface area contributed by atoms with E-state index in [2.05, 4.69) is 21.8 Å². The maximum atomic E-state index is 14.0. The predicted octanol–water partition coefficient (Wildman–Crippen LogP) is 4.49. The van der Waals surface area contributed by atoms with E-state index < -0.39 is 5.82 Å². The largest absolute Gasteiger partial charge is 0.457 e. The number of rotatable bonds is 6. The Balaban J connectivity index is 1.91. The van der Waals surface area contributed by atoms with Crippen molar-refractivity contribution < 1.29 is 9.13 Å². The Morgan fingerprint density at radius 1 is 1.27 bits per heavy atom. The third-order valence-electron chi connectivity index (χ3n) is 3.40. The minimum atomic E-state index is -0.431. The SMILES string of the molecule is C=C/C(=C\C=C/C)Oc1cc(F)cc(-c2cnn(-c3ccccn3)n2)c1. The molecule has 0 N–H and O–H groups in total. The fraction of sp³-hybridized carbons (Fsp3) is 0.0500. The van der Waals surface area contributed by atoms with Gasteiger partial charge in [-0.2, -0.15) is 5.10 Å². The number of benzene rings is 1. The number of allylic oxidation sites excluding steroid dienone is 4. The molecule has 0 aliphatic carbocycles. The van der Waals surface area contributed by atoms with Gasteiger partial charge < -0.3 is 4.74 Å². The summed E-state index contributed by atoms with van der Waals surface area (Å²) in [5.41, 5.74) is 1.06. The average Bonchev–Trinajstić information content (AvgIpc) is 3.15. The van der Waals surface area contributed by atoms with Gasteiger partial charge in [-0.3, -0.25) is 0 Å². The highest BCUT2D eigenvalue weighted by Crippen LogP contribution is 2.25. The summed E-state index contributed by atoms with van der Waals surface area (Å²) in [6.45, 7) is 5.59. The Bertz CT molecular complexity index is 961. The van der Waals surface area contributed by atoms with Crippen LogP contribution >= 0.6 is 0 Å². The van der Waals surface area contributed by atoms with Gasteiger partial charge in [0.2, 0.25) is 0 Å². The molecule has 2 heterocycles. The molecule has 0 aliphatic heterocycles. The zero-order chi connectivity index (χ0) is 18.4. The molecule has 0 amide bonds. The summed E-state index contributed by atoms with van der Waals surface area (Å²) < 4.78 is 19.7. The van der Waals surface area contributed by atoms with Crippen LogP contribution in [-0.2, 0) is 0 Å². The van der Waals surface area contributed by atoms with Gasteiger partial charge in [0.15, 0.2) is 5.82 Å². The Labute approximate surface area is 150 Å². The molecule has 0 spiro atoms. The second-order valence-electron chi connectivity index (χ2n) is 5.28. The Kier molecular flexibility index (Phi) is 5.34. The quantitative estimate of drug-likeness (QED) is 0.486. The van der Waals surface area contributed by atoms with E-state index in [4.69, 9.17) is 4.74 Å². The van der Waals surface area contributed by atoms with Crippen molar-refractivity contribution in [3.05, 3.63) is 91.3 Å². The summed E-state index contributed by atoms with van der Waals surface area (Å²) >= 11 is 0. The summed E-state index contributed by atoms with van der Waals surface area (Å²) in [5.74, 6) is 1.01. The molecule has 2 aromatic heterocycles. The summed E-state index contributed by atoms with van der Waals surface area (Å²) in [6.07, 6.45) is 10.2. The van der Waals surface area contributed by atoms with Gasteiger partial charge in [-0.1, -0.05) is 24.8 Å². The third-order valence-corrected chi connectivity index (χ3v) is 3.40. The number of nitrogens with zero attached hydrogens (tertiary/aromatic N) is 4. The molecule has 6 heteroatoms. The number of pyridine rings is 1. The lowest BCUT2D eigenvalue weighted by atomic mass is 10.1. The van der Waals surface area contributed by atoms with E-state index >= 15 is 0 Å². The van der Waals surface area contributed by atoms with E-state index in [0.717, 1.165) is 0 Å². The van der Waals surface area contributed by atoms with E-state index in [1.54, 1.807) is 36.7 Å². The van der Waals surface area contributed by atoms with Crippen LogP contribution in [-0.4, -0.2) is 20.0 Å². The first-order valence-corrected chi connectivity index (χ1v) is 7.97. The molecule has 0 saturated carbocycles. The lowest BCUT2D eigenvalue weighted by Crippen LogP contribution is -2.00. The molecule has 1 aromatic carbocycles. The van der Waals surface area contributed by atoms with E-state index in [9.17, 15) is 4.39 Å². The van der Waals surface area contributed by atoms with Crippen molar-refractivity contribution in [3.63, 3.8) is 0 Å². The summed E-state index contributed by atoms with van der Waals surface area (Å²) in [4.78, 5) is 5.58. The zero-order valence-electron chi connectivity index (χ0n) is 14.2. The van der Waals surface area contributed by atoms with Crippen molar-refractivity contribution >= 4 is 0 Å². The standard InChI is InChI=1S/C20H17FN4O/c1-3-5-8-17(4-2)26-18-12-15(11-16(21)13-18)19-14-23-25(24-19)20-9-6-7-10-22-20/h3-14H,2H2,1H3/b5-3-,17-8+. The second kappa shape index (κ2) is 8.02. The van der Waals surface area contributed by atoms with Gasteiger partial charge in [0.05, 0.1) is 6.20 Å². The first kappa shape index (κ1) is 17.3. The Morgan fingerprint density at radius 2 is 2.15 bits per heavy atom. The Morgan fingerprint density at radius 3 is 2.88 bits per heavy atom. The van der Waals surface area contributed by atoms with Crippen molar-refractivity contribution in [1.29, 1.82) is 0 Å². The average molecular weight is 348 g/mol. The van der Waals surface area contributed by atoms with Crippen molar-refractivity contribution in [2.75, 3.05) is 0 Å². The summed E-state index contributed by atoms with van der Waals surface area (Å²) in [5, 5.41) is 8.54. The van der Waals surface area contributed by atoms with Crippen molar-refractivity contribution in [2.24, 2.45) is 0 Å². The van der Waals surface area contributed by atoms with E-state index in [-0.39, 0.29) is 0 Å². The van der Waals surface area contributed by atoms with Gasteiger partial charge in [-0.25, -0.2) is 9.37 Å². The van der Waals surface area contributed by atoms with Crippen LogP contribution in [0.3, 0.4) is 0 Å². The first-order chi connectivity index (χ1) is 12.7. The third kappa shape index (κ3) is 4.10. The second-order valence-corrected chi connectivity index (χ2v) is 5.28. The topological polar surface area (TPSA) is 52.8 Å². The minimum Gasteiger partial charge on any atom is -0.457 e. The lowest BCUT2D eigenvalue weighted by Gasteiger charge is -2.07. The number of hydrogen-bond acceptors (Lipinski definition) is 4. The smallest absolute Gasteiger partial charge is 0.174 e. The monoisotopic (exact) mass is 348 g/mol. The highest BCUT2D eigenvalue weighted by atomic mass is 19.1. The predicted molar refractivity (Wildman–Crippen MR) is 98.3 cm³/mol. The van der Waals surface area contributed by atoms with Gasteiger partial charge >= 0.3 is 0 Å². The van der Waals surface area contributed by atoms with Crippen LogP contribution in [0.1, 0.15) is 6.92 Å². The highest BCUT2D eigenvalue weighted by Gasteiger charge is 2.10. The van der Waals surface area contributed by atoms with Gasteiger partial charge in [0.25, 0.3) is 0 Å². The normalized spacial score (nSPS) is 11.7. The number of halogens is 1. The molecule has 0 saturated heterocycles. The number of hydrogen-bond donors (Lipinski definition) is 0. The molecular weight excluding hydrogens is 331 g/mol. The fourth-order valence-electron chi connectivity index (χ4n) is 2.22. The van der Waals surface area contributed by atoms with Crippen LogP contribution < -0.4 is 4.74 Å². The molecule has 0 aliphatic rings. The van der Waals surface area contributed by atoms with Crippen LogP contribution in [0.5, 0.6) is 5.75 Å². The van der Waals surface area contributed by atoms with E-state index in [1.807, 2.05) is 31.2 Å². The molecule has 0 radical (unpaired) electrons. The van der Waals surface area contributed by atoms with Crippen molar-refractivity contribution in [2.45, 2.75) is 6.92 Å². The van der Waals surface area contributed by atoms with E-state index in [1.165, 1.54) is 16.9 Å². The van der Waals surface area contributed by atoms with Crippen LogP contribution in [0.2, 0.25) is 0 Å². The van der Waals surface area contributed by atoms with Crippen molar-refractivity contribution in [3.8, 4) is 22.8 Å². The van der Waals surface area contributed by atoms with Gasteiger partial charge in [-0.05, 0) is 43.3 Å². The maximum absolute atomic E-state index is 14.0. The van der Waals surface area contributed by atoms with E-state index in [0.29, 0.717) is 28.6 Å². The number of aromatic nitrogens is 4. The molecule has 5 nitrogen and oxygen atoms in total. The van der Waals surface area contributed by atoms with Crippen LogP contribution in [0.15, 0.2) is 85.4 Å². The molecule has 3 rings (SSSR count). The molecule has 0 fully saturated rings. The molecule has 0 atom stereocenters. The highest BCUT2D eigenvalue weighted by molar-refractivity contribution is 5.60. The van der Waals surface area contributed by atoms with Gasteiger partial charge in [-0.15, -0.1) is 9.90 Å². The maximum Gasteiger partial charge on any atom is 0.174 e. The van der Waals surface area contributed by atoms with Crippen molar-refractivity contribution in [1.82, 2.24) is 20.0 Å². The van der Waals surface area contributed by atoms with Crippen LogP contribution in [0.25, 0.3) is 17.1 Å². The lowest BCUT2D eigenvalue weighted by molar-refractivity contribution is 0.441. The minimum absolute atomic E-state index is 0.350. The molecular formula is C20H17FN4O. The molecule has 130 valence electrons. The molecule has 3 aromatic rings.